The first kappa shape index (κ1) is 17.2. The molecule has 0 unspecified atom stereocenters. The summed E-state index contributed by atoms with van der Waals surface area (Å²) in [7, 11) is 0. The van der Waals surface area contributed by atoms with Crippen LogP contribution in [0.2, 0.25) is 0 Å². The first-order chi connectivity index (χ1) is 14.8. The fraction of sp³-hybridized carbons (Fsp3) is 0.0435. The third kappa shape index (κ3) is 2.67. The molecule has 30 heavy (non-hydrogen) atoms. The predicted molar refractivity (Wildman–Crippen MR) is 119 cm³/mol. The van der Waals surface area contributed by atoms with E-state index in [2.05, 4.69) is 15.5 Å². The summed E-state index contributed by atoms with van der Waals surface area (Å²) in [4.78, 5) is 26.8. The zero-order chi connectivity index (χ0) is 20.1. The monoisotopic (exact) mass is 409 g/mol. The molecule has 0 saturated heterocycles. The minimum absolute atomic E-state index is 0.0825. The normalized spacial score (nSPS) is 11.7. The van der Waals surface area contributed by atoms with Crippen LogP contribution >= 0.6 is 11.8 Å². The first-order valence-electron chi connectivity index (χ1n) is 9.54. The maximum atomic E-state index is 12.4. The number of hydrogen-bond acceptors (Lipinski definition) is 5. The van der Waals surface area contributed by atoms with Gasteiger partial charge in [-0.15, -0.1) is 0 Å². The largest absolute Gasteiger partial charge is 0.271 e. The van der Waals surface area contributed by atoms with Gasteiger partial charge in [-0.05, 0) is 36.4 Å². The number of thioether (sulfide) groups is 1. The van der Waals surface area contributed by atoms with Gasteiger partial charge in [0.15, 0.2) is 5.16 Å². The molecule has 144 valence electrons. The molecular weight excluding hydrogens is 394 g/mol. The summed E-state index contributed by atoms with van der Waals surface area (Å²) in [5, 5.41) is 1.84. The Bertz CT molecular complexity index is 1640. The molecule has 0 aliphatic rings. The van der Waals surface area contributed by atoms with E-state index < -0.39 is 0 Å². The van der Waals surface area contributed by atoms with Crippen molar-refractivity contribution in [1.82, 2.24) is 23.8 Å². The standard InChI is InChI=1S/C23H15N5OS/c29-21-13-15(24-20-11-5-6-12-27(20)21)14-30-23-26-17-8-2-1-7-16(17)22-25-18-9-3-4-10-19(18)28(22)23/h1-13H,14H2. The Morgan fingerprint density at radius 3 is 2.57 bits per heavy atom. The van der Waals surface area contributed by atoms with Crippen molar-refractivity contribution in [3.05, 3.63) is 95.0 Å². The summed E-state index contributed by atoms with van der Waals surface area (Å²) in [5.41, 5.74) is 5.01. The van der Waals surface area contributed by atoms with Gasteiger partial charge < -0.3 is 0 Å². The van der Waals surface area contributed by atoms with Crippen molar-refractivity contribution in [2.24, 2.45) is 0 Å². The van der Waals surface area contributed by atoms with Crippen LogP contribution in [-0.4, -0.2) is 23.8 Å². The first-order valence-corrected chi connectivity index (χ1v) is 10.5. The number of benzene rings is 2. The van der Waals surface area contributed by atoms with Crippen molar-refractivity contribution in [1.29, 1.82) is 0 Å². The number of rotatable bonds is 3. The lowest BCUT2D eigenvalue weighted by molar-refractivity contribution is 0.948. The Kier molecular flexibility index (Phi) is 3.82. The molecule has 6 aromatic rings. The van der Waals surface area contributed by atoms with E-state index in [0.717, 1.165) is 38.4 Å². The van der Waals surface area contributed by atoms with E-state index in [-0.39, 0.29) is 5.56 Å². The maximum absolute atomic E-state index is 12.4. The summed E-state index contributed by atoms with van der Waals surface area (Å²) >= 11 is 1.56. The van der Waals surface area contributed by atoms with Gasteiger partial charge in [0.1, 0.15) is 11.3 Å². The summed E-state index contributed by atoms with van der Waals surface area (Å²) in [6.07, 6.45) is 1.73. The van der Waals surface area contributed by atoms with Gasteiger partial charge in [0, 0.05) is 23.4 Å². The number of pyridine rings is 1. The second kappa shape index (κ2) is 6.67. The Hall–Kier alpha value is -3.71. The highest BCUT2D eigenvalue weighted by Crippen LogP contribution is 2.30. The van der Waals surface area contributed by atoms with Gasteiger partial charge in [-0.1, -0.05) is 42.1 Å². The highest BCUT2D eigenvalue weighted by atomic mass is 32.2. The van der Waals surface area contributed by atoms with E-state index in [9.17, 15) is 4.79 Å². The van der Waals surface area contributed by atoms with Crippen LogP contribution in [0.4, 0.5) is 0 Å². The molecule has 6 nitrogen and oxygen atoms in total. The minimum Gasteiger partial charge on any atom is -0.271 e. The van der Waals surface area contributed by atoms with Crippen molar-refractivity contribution >= 4 is 45.0 Å². The Morgan fingerprint density at radius 1 is 0.833 bits per heavy atom. The fourth-order valence-corrected chi connectivity index (χ4v) is 4.63. The molecule has 0 spiro atoms. The maximum Gasteiger partial charge on any atom is 0.258 e. The minimum atomic E-state index is -0.0825. The number of para-hydroxylation sites is 3. The summed E-state index contributed by atoms with van der Waals surface area (Å²) in [6.45, 7) is 0. The van der Waals surface area contributed by atoms with E-state index in [1.54, 1.807) is 28.4 Å². The molecule has 0 atom stereocenters. The van der Waals surface area contributed by atoms with E-state index in [1.165, 1.54) is 0 Å². The predicted octanol–water partition coefficient (Wildman–Crippen LogP) is 4.34. The molecule has 0 amide bonds. The molecule has 2 aromatic carbocycles. The van der Waals surface area contributed by atoms with Crippen LogP contribution in [0, 0.1) is 0 Å². The zero-order valence-corrected chi connectivity index (χ0v) is 16.6. The average molecular weight is 409 g/mol. The molecule has 4 aromatic heterocycles. The van der Waals surface area contributed by atoms with Gasteiger partial charge >= 0.3 is 0 Å². The van der Waals surface area contributed by atoms with Gasteiger partial charge in [-0.25, -0.2) is 15.0 Å². The molecular formula is C23H15N5OS. The van der Waals surface area contributed by atoms with Crippen LogP contribution in [0.5, 0.6) is 0 Å². The molecule has 0 saturated carbocycles. The van der Waals surface area contributed by atoms with Gasteiger partial charge in [0.05, 0.1) is 22.2 Å². The molecule has 0 fully saturated rings. The van der Waals surface area contributed by atoms with Crippen LogP contribution < -0.4 is 5.56 Å². The van der Waals surface area contributed by atoms with Crippen molar-refractivity contribution in [2.75, 3.05) is 0 Å². The van der Waals surface area contributed by atoms with Crippen LogP contribution in [-0.2, 0) is 5.75 Å². The van der Waals surface area contributed by atoms with Crippen LogP contribution in [0.25, 0.3) is 33.2 Å². The molecule has 0 radical (unpaired) electrons. The van der Waals surface area contributed by atoms with Gasteiger partial charge in [-0.3, -0.25) is 13.6 Å². The van der Waals surface area contributed by atoms with Crippen molar-refractivity contribution in [3.8, 4) is 0 Å². The molecule has 4 heterocycles. The number of imidazole rings is 1. The van der Waals surface area contributed by atoms with Gasteiger partial charge in [0.2, 0.25) is 0 Å². The average Bonchev–Trinajstić information content (AvgIpc) is 3.18. The molecule has 0 aliphatic heterocycles. The summed E-state index contributed by atoms with van der Waals surface area (Å²) < 4.78 is 3.64. The summed E-state index contributed by atoms with van der Waals surface area (Å²) in [5.74, 6) is 0.535. The van der Waals surface area contributed by atoms with E-state index in [4.69, 9.17) is 9.97 Å². The van der Waals surface area contributed by atoms with E-state index in [0.29, 0.717) is 11.4 Å². The number of nitrogens with zero attached hydrogens (tertiary/aromatic N) is 5. The SMILES string of the molecule is O=c1cc(CSc2nc3ccccc3c3nc4ccccc4n23)nc2ccccn12. The number of fused-ring (bicyclic) bond motifs is 6. The Labute approximate surface area is 174 Å². The lowest BCUT2D eigenvalue weighted by atomic mass is 10.2. The molecule has 7 heteroatoms. The second-order valence-corrected chi connectivity index (χ2v) is 7.92. The number of hydrogen-bond donors (Lipinski definition) is 0. The molecule has 0 aliphatic carbocycles. The molecule has 6 rings (SSSR count). The van der Waals surface area contributed by atoms with E-state index in [1.807, 2.05) is 60.7 Å². The summed E-state index contributed by atoms with van der Waals surface area (Å²) in [6, 6.07) is 23.2. The second-order valence-electron chi connectivity index (χ2n) is 6.97. The van der Waals surface area contributed by atoms with Crippen LogP contribution in [0.1, 0.15) is 5.69 Å². The van der Waals surface area contributed by atoms with Crippen molar-refractivity contribution in [3.63, 3.8) is 0 Å². The quantitative estimate of drug-likeness (QED) is 0.321. The topological polar surface area (TPSA) is 64.6 Å². The molecule has 0 N–H and O–H groups in total. The van der Waals surface area contributed by atoms with E-state index >= 15 is 0 Å². The Balaban J connectivity index is 1.51. The zero-order valence-electron chi connectivity index (χ0n) is 15.8. The third-order valence-electron chi connectivity index (χ3n) is 5.09. The number of aromatic nitrogens is 5. The van der Waals surface area contributed by atoms with Crippen molar-refractivity contribution in [2.45, 2.75) is 10.9 Å². The van der Waals surface area contributed by atoms with Crippen LogP contribution in [0.15, 0.2) is 88.9 Å². The van der Waals surface area contributed by atoms with Crippen LogP contribution in [0.3, 0.4) is 0 Å². The fourth-order valence-electron chi connectivity index (χ4n) is 3.73. The lowest BCUT2D eigenvalue weighted by Crippen LogP contribution is -2.14. The highest BCUT2D eigenvalue weighted by molar-refractivity contribution is 7.98. The Morgan fingerprint density at radius 2 is 1.63 bits per heavy atom. The third-order valence-corrected chi connectivity index (χ3v) is 6.06. The molecule has 0 bridgehead atoms. The lowest BCUT2D eigenvalue weighted by Gasteiger charge is -2.08. The smallest absolute Gasteiger partial charge is 0.258 e. The highest BCUT2D eigenvalue weighted by Gasteiger charge is 2.14. The van der Waals surface area contributed by atoms with Gasteiger partial charge in [-0.2, -0.15) is 0 Å². The van der Waals surface area contributed by atoms with Crippen molar-refractivity contribution < 1.29 is 0 Å². The van der Waals surface area contributed by atoms with Gasteiger partial charge in [0.25, 0.3) is 5.56 Å².